The first kappa shape index (κ1) is 19.7. The van der Waals surface area contributed by atoms with E-state index in [9.17, 15) is 18.0 Å². The SMILES string of the molecule is CC(C)(CO)NC(=O)C(N)c1cccc(C(F)(F)F)c1.Cl. The van der Waals surface area contributed by atoms with E-state index >= 15 is 0 Å². The van der Waals surface area contributed by atoms with Gasteiger partial charge in [-0.25, -0.2) is 0 Å². The van der Waals surface area contributed by atoms with Gasteiger partial charge in [0.25, 0.3) is 0 Å². The van der Waals surface area contributed by atoms with Gasteiger partial charge >= 0.3 is 6.18 Å². The number of nitrogens with two attached hydrogens (primary N) is 1. The molecule has 0 heterocycles. The molecule has 1 aromatic carbocycles. The van der Waals surface area contributed by atoms with Crippen LogP contribution in [0.4, 0.5) is 13.2 Å². The fraction of sp³-hybridized carbons (Fsp3) is 0.462. The van der Waals surface area contributed by atoms with Crippen LogP contribution in [0.5, 0.6) is 0 Å². The molecule has 1 atom stereocenters. The van der Waals surface area contributed by atoms with Gasteiger partial charge < -0.3 is 16.2 Å². The van der Waals surface area contributed by atoms with E-state index in [1.165, 1.54) is 12.1 Å². The van der Waals surface area contributed by atoms with Crippen LogP contribution in [0, 0.1) is 0 Å². The van der Waals surface area contributed by atoms with Crippen LogP contribution in [0.25, 0.3) is 0 Å². The first-order valence-electron chi connectivity index (χ1n) is 5.92. The average molecular weight is 327 g/mol. The number of benzene rings is 1. The summed E-state index contributed by atoms with van der Waals surface area (Å²) in [7, 11) is 0. The first-order valence-corrected chi connectivity index (χ1v) is 5.92. The lowest BCUT2D eigenvalue weighted by Gasteiger charge is -2.25. The molecule has 0 saturated carbocycles. The van der Waals surface area contributed by atoms with E-state index in [0.29, 0.717) is 0 Å². The lowest BCUT2D eigenvalue weighted by Crippen LogP contribution is -2.49. The van der Waals surface area contributed by atoms with E-state index < -0.39 is 29.2 Å². The maximum Gasteiger partial charge on any atom is 0.416 e. The third-order valence-corrected chi connectivity index (χ3v) is 2.71. The summed E-state index contributed by atoms with van der Waals surface area (Å²) in [5.74, 6) is -0.650. The number of alkyl halides is 3. The Kier molecular flexibility index (Phi) is 6.66. The van der Waals surface area contributed by atoms with Crippen molar-refractivity contribution in [2.45, 2.75) is 31.6 Å². The van der Waals surface area contributed by atoms with Gasteiger partial charge in [-0.1, -0.05) is 12.1 Å². The zero-order chi connectivity index (χ0) is 15.6. The number of rotatable bonds is 4. The molecule has 0 bridgehead atoms. The standard InChI is InChI=1S/C13H17F3N2O2.ClH/c1-12(2,7-19)18-11(20)10(17)8-4-3-5-9(6-8)13(14,15)16;/h3-6,10,19H,7,17H2,1-2H3,(H,18,20);1H. The molecule has 1 aromatic rings. The fourth-order valence-corrected chi connectivity index (χ4v) is 1.51. The minimum Gasteiger partial charge on any atom is -0.394 e. The van der Waals surface area contributed by atoms with Gasteiger partial charge in [0.2, 0.25) is 5.91 Å². The topological polar surface area (TPSA) is 75.3 Å². The smallest absolute Gasteiger partial charge is 0.394 e. The van der Waals surface area contributed by atoms with Crippen LogP contribution in [-0.2, 0) is 11.0 Å². The van der Waals surface area contributed by atoms with E-state index in [1.54, 1.807) is 13.8 Å². The largest absolute Gasteiger partial charge is 0.416 e. The van der Waals surface area contributed by atoms with Crippen molar-refractivity contribution < 1.29 is 23.1 Å². The number of carbonyl (C=O) groups is 1. The highest BCUT2D eigenvalue weighted by Gasteiger charge is 2.31. The number of hydrogen-bond donors (Lipinski definition) is 3. The maximum atomic E-state index is 12.6. The normalized spacial score (nSPS) is 13.3. The molecular weight excluding hydrogens is 309 g/mol. The van der Waals surface area contributed by atoms with Crippen molar-refractivity contribution in [3.63, 3.8) is 0 Å². The van der Waals surface area contributed by atoms with Crippen LogP contribution < -0.4 is 11.1 Å². The van der Waals surface area contributed by atoms with Crippen molar-refractivity contribution in [3.05, 3.63) is 35.4 Å². The van der Waals surface area contributed by atoms with Gasteiger partial charge in [0.05, 0.1) is 17.7 Å². The maximum absolute atomic E-state index is 12.6. The highest BCUT2D eigenvalue weighted by atomic mass is 35.5. The summed E-state index contributed by atoms with van der Waals surface area (Å²) in [5, 5.41) is 11.5. The van der Waals surface area contributed by atoms with Crippen LogP contribution in [0.1, 0.15) is 31.0 Å². The van der Waals surface area contributed by atoms with Gasteiger partial charge in [0, 0.05) is 0 Å². The van der Waals surface area contributed by atoms with Gasteiger partial charge in [-0.3, -0.25) is 4.79 Å². The fourth-order valence-electron chi connectivity index (χ4n) is 1.51. The van der Waals surface area contributed by atoms with Crippen molar-refractivity contribution in [2.24, 2.45) is 5.73 Å². The van der Waals surface area contributed by atoms with Crippen LogP contribution in [0.15, 0.2) is 24.3 Å². The third-order valence-electron chi connectivity index (χ3n) is 2.71. The summed E-state index contributed by atoms with van der Waals surface area (Å²) in [4.78, 5) is 11.9. The molecule has 1 unspecified atom stereocenters. The molecule has 0 aliphatic rings. The van der Waals surface area contributed by atoms with E-state index in [-0.39, 0.29) is 24.6 Å². The molecular formula is C13H18ClF3N2O2. The van der Waals surface area contributed by atoms with Crippen molar-refractivity contribution in [3.8, 4) is 0 Å². The average Bonchev–Trinajstić information content (AvgIpc) is 2.36. The minimum absolute atomic E-state index is 0. The number of aliphatic hydroxyl groups excluding tert-OH is 1. The molecule has 4 N–H and O–H groups in total. The van der Waals surface area contributed by atoms with Crippen molar-refractivity contribution in [2.75, 3.05) is 6.61 Å². The second-order valence-electron chi connectivity index (χ2n) is 5.13. The molecule has 0 aromatic heterocycles. The van der Waals surface area contributed by atoms with Crippen molar-refractivity contribution in [1.82, 2.24) is 5.32 Å². The number of hydrogen-bond acceptors (Lipinski definition) is 3. The highest BCUT2D eigenvalue weighted by molar-refractivity contribution is 5.85. The number of aliphatic hydroxyl groups is 1. The molecule has 0 aliphatic heterocycles. The van der Waals surface area contributed by atoms with Gasteiger partial charge in [-0.05, 0) is 31.5 Å². The Morgan fingerprint density at radius 3 is 2.43 bits per heavy atom. The Morgan fingerprint density at radius 2 is 1.95 bits per heavy atom. The Morgan fingerprint density at radius 1 is 1.38 bits per heavy atom. The van der Waals surface area contributed by atoms with Gasteiger partial charge in [0.1, 0.15) is 6.04 Å². The van der Waals surface area contributed by atoms with Crippen LogP contribution in [0.3, 0.4) is 0 Å². The molecule has 120 valence electrons. The molecule has 1 rings (SSSR count). The predicted molar refractivity (Wildman–Crippen MR) is 74.9 cm³/mol. The van der Waals surface area contributed by atoms with Gasteiger partial charge in [0.15, 0.2) is 0 Å². The number of carbonyl (C=O) groups excluding carboxylic acids is 1. The highest BCUT2D eigenvalue weighted by Crippen LogP contribution is 2.30. The predicted octanol–water partition coefficient (Wildman–Crippen LogP) is 2.01. The summed E-state index contributed by atoms with van der Waals surface area (Å²) in [5.41, 5.74) is 3.96. The molecule has 4 nitrogen and oxygen atoms in total. The van der Waals surface area contributed by atoms with Crippen LogP contribution in [-0.4, -0.2) is 23.2 Å². The monoisotopic (exact) mass is 326 g/mol. The molecule has 0 radical (unpaired) electrons. The molecule has 0 saturated heterocycles. The van der Waals surface area contributed by atoms with Gasteiger partial charge in [-0.15, -0.1) is 12.4 Å². The zero-order valence-electron chi connectivity index (χ0n) is 11.6. The first-order chi connectivity index (χ1) is 9.07. The quantitative estimate of drug-likeness (QED) is 0.792. The van der Waals surface area contributed by atoms with E-state index in [2.05, 4.69) is 5.32 Å². The minimum atomic E-state index is -4.49. The van der Waals surface area contributed by atoms with E-state index in [1.807, 2.05) is 0 Å². The van der Waals surface area contributed by atoms with Crippen molar-refractivity contribution in [1.29, 1.82) is 0 Å². The van der Waals surface area contributed by atoms with E-state index in [0.717, 1.165) is 12.1 Å². The summed E-state index contributed by atoms with van der Waals surface area (Å²) in [6, 6.07) is 3.07. The molecule has 8 heteroatoms. The summed E-state index contributed by atoms with van der Waals surface area (Å²) >= 11 is 0. The molecule has 0 fully saturated rings. The van der Waals surface area contributed by atoms with Crippen LogP contribution in [0.2, 0.25) is 0 Å². The number of halogens is 4. The second-order valence-corrected chi connectivity index (χ2v) is 5.13. The van der Waals surface area contributed by atoms with Crippen LogP contribution >= 0.6 is 12.4 Å². The number of nitrogens with one attached hydrogen (secondary N) is 1. The second kappa shape index (κ2) is 7.11. The number of amides is 1. The molecule has 1 amide bonds. The van der Waals surface area contributed by atoms with Gasteiger partial charge in [-0.2, -0.15) is 13.2 Å². The molecule has 0 spiro atoms. The zero-order valence-corrected chi connectivity index (χ0v) is 12.4. The molecule has 0 aliphatic carbocycles. The Balaban J connectivity index is 0.00000400. The summed E-state index contributed by atoms with van der Waals surface area (Å²) < 4.78 is 37.8. The Bertz CT molecular complexity index is 493. The summed E-state index contributed by atoms with van der Waals surface area (Å²) in [6.45, 7) is 2.83. The Labute approximate surface area is 126 Å². The van der Waals surface area contributed by atoms with Crippen molar-refractivity contribution >= 4 is 18.3 Å². The lowest BCUT2D eigenvalue weighted by atomic mass is 10.0. The molecule has 21 heavy (non-hydrogen) atoms. The van der Waals surface area contributed by atoms with E-state index in [4.69, 9.17) is 10.8 Å². The lowest BCUT2D eigenvalue weighted by molar-refractivity contribution is -0.137. The Hall–Kier alpha value is -1.31. The summed E-state index contributed by atoms with van der Waals surface area (Å²) in [6.07, 6.45) is -4.49. The third kappa shape index (κ3) is 5.53.